The topological polar surface area (TPSA) is 75.4 Å². The highest BCUT2D eigenvalue weighted by Gasteiger charge is 2.20. The van der Waals surface area contributed by atoms with Gasteiger partial charge in [-0.2, -0.15) is 0 Å². The number of hydrogen-bond donors (Lipinski definition) is 1. The number of nitrogens with two attached hydrogens (primary N) is 1. The zero-order valence-electron chi connectivity index (χ0n) is 16.8. The summed E-state index contributed by atoms with van der Waals surface area (Å²) in [5, 5.41) is 0. The van der Waals surface area contributed by atoms with Crippen molar-refractivity contribution in [3.05, 3.63) is 66.1 Å². The van der Waals surface area contributed by atoms with E-state index in [0.717, 1.165) is 59.7 Å². The molecule has 6 nitrogen and oxygen atoms in total. The lowest BCUT2D eigenvalue weighted by molar-refractivity contribution is 0.0664. The predicted molar refractivity (Wildman–Crippen MR) is 115 cm³/mol. The van der Waals surface area contributed by atoms with E-state index in [1.165, 1.54) is 0 Å². The molecule has 0 unspecified atom stereocenters. The van der Waals surface area contributed by atoms with E-state index in [-0.39, 0.29) is 5.91 Å². The minimum atomic E-state index is 0.0958. The van der Waals surface area contributed by atoms with Gasteiger partial charge < -0.3 is 15.5 Å². The van der Waals surface area contributed by atoms with Crippen molar-refractivity contribution in [2.75, 3.05) is 39.0 Å². The van der Waals surface area contributed by atoms with Gasteiger partial charge in [0.2, 0.25) is 0 Å². The van der Waals surface area contributed by atoms with Crippen LogP contribution in [-0.4, -0.2) is 58.9 Å². The van der Waals surface area contributed by atoms with Crippen molar-refractivity contribution in [2.24, 2.45) is 0 Å². The smallest absolute Gasteiger partial charge is 0.253 e. The summed E-state index contributed by atoms with van der Waals surface area (Å²) in [5.41, 5.74) is 11.5. The summed E-state index contributed by atoms with van der Waals surface area (Å²) in [5.74, 6) is 0.585. The first-order chi connectivity index (χ1) is 14.0. The fourth-order valence-corrected chi connectivity index (χ4v) is 3.71. The van der Waals surface area contributed by atoms with E-state index in [4.69, 9.17) is 5.73 Å². The van der Waals surface area contributed by atoms with Gasteiger partial charge in [0.25, 0.3) is 5.91 Å². The number of anilines is 1. The van der Waals surface area contributed by atoms with E-state index in [9.17, 15) is 4.79 Å². The number of hydrogen-bond acceptors (Lipinski definition) is 5. The molecule has 1 aliphatic heterocycles. The Balaban J connectivity index is 1.64. The number of amides is 1. The van der Waals surface area contributed by atoms with Gasteiger partial charge in [0, 0.05) is 61.0 Å². The molecule has 3 heterocycles. The van der Waals surface area contributed by atoms with Gasteiger partial charge in [-0.15, -0.1) is 0 Å². The number of aryl methyl sites for hydroxylation is 1. The van der Waals surface area contributed by atoms with Crippen LogP contribution in [-0.2, 0) is 0 Å². The minimum absolute atomic E-state index is 0.0958. The third-order valence-corrected chi connectivity index (χ3v) is 5.45. The molecule has 1 aliphatic rings. The molecule has 2 aromatic heterocycles. The Hall–Kier alpha value is -3.25. The van der Waals surface area contributed by atoms with E-state index in [0.29, 0.717) is 5.82 Å². The second kappa shape index (κ2) is 8.01. The van der Waals surface area contributed by atoms with Crippen LogP contribution in [0.15, 0.2) is 54.9 Å². The third kappa shape index (κ3) is 3.98. The third-order valence-electron chi connectivity index (χ3n) is 5.45. The maximum Gasteiger partial charge on any atom is 0.253 e. The van der Waals surface area contributed by atoms with Crippen molar-refractivity contribution in [1.82, 2.24) is 19.8 Å². The Kier molecular flexibility index (Phi) is 5.27. The van der Waals surface area contributed by atoms with Crippen molar-refractivity contribution in [2.45, 2.75) is 6.92 Å². The maximum atomic E-state index is 12.8. The van der Waals surface area contributed by atoms with E-state index >= 15 is 0 Å². The summed E-state index contributed by atoms with van der Waals surface area (Å²) in [6.45, 7) is 5.36. The van der Waals surface area contributed by atoms with Gasteiger partial charge in [0.05, 0.1) is 0 Å². The van der Waals surface area contributed by atoms with E-state index in [2.05, 4.69) is 21.9 Å². The number of aromatic nitrogens is 2. The second-order valence-electron chi connectivity index (χ2n) is 7.46. The number of nitrogen functional groups attached to an aromatic ring is 1. The molecule has 1 aromatic carbocycles. The molecule has 1 saturated heterocycles. The normalized spacial score (nSPS) is 14.8. The van der Waals surface area contributed by atoms with Crippen molar-refractivity contribution < 1.29 is 4.79 Å². The molecule has 148 valence electrons. The monoisotopic (exact) mass is 387 g/mol. The summed E-state index contributed by atoms with van der Waals surface area (Å²) in [4.78, 5) is 25.7. The molecule has 3 aromatic rings. The summed E-state index contributed by atoms with van der Waals surface area (Å²) >= 11 is 0. The predicted octanol–water partition coefficient (Wildman–Crippen LogP) is 3.09. The molecule has 29 heavy (non-hydrogen) atoms. The zero-order chi connectivity index (χ0) is 20.4. The molecule has 1 amide bonds. The number of nitrogens with zero attached hydrogens (tertiary/aromatic N) is 4. The van der Waals surface area contributed by atoms with Gasteiger partial charge in [0.15, 0.2) is 0 Å². The number of benzene rings is 1. The molecule has 4 rings (SSSR count). The standard InChI is InChI=1S/C23H25N5O/c1-16-22(19-7-8-21(24)26-15-19)20(9-10-25-16)17-3-5-18(6-4-17)23(29)28-13-11-27(2)12-14-28/h3-10,15H,11-14H2,1-2H3,(H2,24,26). The molecule has 0 saturated carbocycles. The molecule has 0 spiro atoms. The molecule has 0 radical (unpaired) electrons. The molecule has 0 atom stereocenters. The van der Waals surface area contributed by atoms with Gasteiger partial charge in [-0.05, 0) is 55.4 Å². The van der Waals surface area contributed by atoms with Crippen LogP contribution in [0.2, 0.25) is 0 Å². The largest absolute Gasteiger partial charge is 0.384 e. The Morgan fingerprint density at radius 1 is 0.931 bits per heavy atom. The molecular weight excluding hydrogens is 362 g/mol. The first-order valence-corrected chi connectivity index (χ1v) is 9.78. The SMILES string of the molecule is Cc1nccc(-c2ccc(C(=O)N3CCN(C)CC3)cc2)c1-c1ccc(N)nc1. The van der Waals surface area contributed by atoms with E-state index < -0.39 is 0 Å². The molecular formula is C23H25N5O. The van der Waals surface area contributed by atoms with Crippen LogP contribution < -0.4 is 5.73 Å². The average Bonchev–Trinajstić information content (AvgIpc) is 2.75. The summed E-state index contributed by atoms with van der Waals surface area (Å²) in [7, 11) is 2.08. The van der Waals surface area contributed by atoms with Gasteiger partial charge >= 0.3 is 0 Å². The number of carbonyl (C=O) groups is 1. The van der Waals surface area contributed by atoms with E-state index in [1.54, 1.807) is 12.3 Å². The number of pyridine rings is 2. The fourth-order valence-electron chi connectivity index (χ4n) is 3.71. The first-order valence-electron chi connectivity index (χ1n) is 9.78. The highest BCUT2D eigenvalue weighted by atomic mass is 16.2. The Morgan fingerprint density at radius 3 is 2.28 bits per heavy atom. The lowest BCUT2D eigenvalue weighted by atomic mass is 9.94. The molecule has 2 N–H and O–H groups in total. The van der Waals surface area contributed by atoms with Crippen LogP contribution >= 0.6 is 0 Å². The number of rotatable bonds is 3. The van der Waals surface area contributed by atoms with Gasteiger partial charge in [-0.1, -0.05) is 12.1 Å². The van der Waals surface area contributed by atoms with Crippen molar-refractivity contribution >= 4 is 11.7 Å². The lowest BCUT2D eigenvalue weighted by Gasteiger charge is -2.32. The van der Waals surface area contributed by atoms with Crippen molar-refractivity contribution in [1.29, 1.82) is 0 Å². The van der Waals surface area contributed by atoms with Crippen LogP contribution in [0.1, 0.15) is 16.1 Å². The zero-order valence-corrected chi connectivity index (χ0v) is 16.8. The minimum Gasteiger partial charge on any atom is -0.384 e. The summed E-state index contributed by atoms with van der Waals surface area (Å²) < 4.78 is 0. The Labute approximate surface area is 171 Å². The Morgan fingerprint density at radius 2 is 1.62 bits per heavy atom. The van der Waals surface area contributed by atoms with Crippen molar-refractivity contribution in [3.63, 3.8) is 0 Å². The second-order valence-corrected chi connectivity index (χ2v) is 7.46. The van der Waals surface area contributed by atoms with Crippen LogP contribution in [0.3, 0.4) is 0 Å². The molecule has 0 bridgehead atoms. The number of piperazine rings is 1. The molecule has 1 fully saturated rings. The fraction of sp³-hybridized carbons (Fsp3) is 0.261. The van der Waals surface area contributed by atoms with Gasteiger partial charge in [-0.3, -0.25) is 9.78 Å². The summed E-state index contributed by atoms with van der Waals surface area (Å²) in [6, 6.07) is 13.6. The first kappa shape index (κ1) is 19.1. The summed E-state index contributed by atoms with van der Waals surface area (Å²) in [6.07, 6.45) is 3.58. The van der Waals surface area contributed by atoms with Crippen LogP contribution in [0, 0.1) is 6.92 Å². The van der Waals surface area contributed by atoms with Gasteiger partial charge in [0.1, 0.15) is 5.82 Å². The van der Waals surface area contributed by atoms with E-state index in [1.807, 2.05) is 54.4 Å². The average molecular weight is 387 g/mol. The van der Waals surface area contributed by atoms with Crippen molar-refractivity contribution in [3.8, 4) is 22.3 Å². The van der Waals surface area contributed by atoms with Gasteiger partial charge in [-0.25, -0.2) is 4.98 Å². The molecule has 6 heteroatoms. The number of carbonyl (C=O) groups excluding carboxylic acids is 1. The highest BCUT2D eigenvalue weighted by molar-refractivity contribution is 5.95. The molecule has 0 aliphatic carbocycles. The highest BCUT2D eigenvalue weighted by Crippen LogP contribution is 2.33. The number of likely N-dealkylation sites (N-methyl/N-ethyl adjacent to an activating group) is 1. The van der Waals surface area contributed by atoms with Crippen LogP contribution in [0.25, 0.3) is 22.3 Å². The maximum absolute atomic E-state index is 12.8. The quantitative estimate of drug-likeness (QED) is 0.747. The van der Waals surface area contributed by atoms with Crippen LogP contribution in [0.4, 0.5) is 5.82 Å². The lowest BCUT2D eigenvalue weighted by Crippen LogP contribution is -2.47. The Bertz CT molecular complexity index is 1010. The van der Waals surface area contributed by atoms with Crippen LogP contribution in [0.5, 0.6) is 0 Å².